The van der Waals surface area contributed by atoms with E-state index in [1.807, 2.05) is 0 Å². The van der Waals surface area contributed by atoms with Crippen LogP contribution < -0.4 is 4.18 Å². The molecule has 0 bridgehead atoms. The second-order valence-corrected chi connectivity index (χ2v) is 4.10. The average Bonchev–Trinajstić information content (AvgIpc) is 2.09. The molecule has 0 unspecified atom stereocenters. The summed E-state index contributed by atoms with van der Waals surface area (Å²) in [6.07, 6.45) is 2.14. The standard InChI is InChI=1S/C7H8FNO3S/c1-2-13(10,11)12-7-3-4-9-5-6(7)8/h3-5H,2H2,1H3. The molecule has 0 fully saturated rings. The van der Waals surface area contributed by atoms with Gasteiger partial charge in [-0.15, -0.1) is 0 Å². The van der Waals surface area contributed by atoms with Crippen LogP contribution in [0.1, 0.15) is 6.92 Å². The lowest BCUT2D eigenvalue weighted by molar-refractivity contribution is 0.461. The minimum absolute atomic E-state index is 0.200. The van der Waals surface area contributed by atoms with Crippen LogP contribution in [0.3, 0.4) is 0 Å². The van der Waals surface area contributed by atoms with Crippen molar-refractivity contribution < 1.29 is 17.0 Å². The minimum atomic E-state index is -3.66. The van der Waals surface area contributed by atoms with Gasteiger partial charge in [-0.3, -0.25) is 4.98 Å². The van der Waals surface area contributed by atoms with Crippen molar-refractivity contribution >= 4 is 10.1 Å². The molecule has 0 atom stereocenters. The topological polar surface area (TPSA) is 56.3 Å². The molecule has 0 N–H and O–H groups in total. The van der Waals surface area contributed by atoms with Crippen LogP contribution in [0.2, 0.25) is 0 Å². The van der Waals surface area contributed by atoms with Gasteiger partial charge in [-0.05, 0) is 6.92 Å². The number of rotatable bonds is 3. The molecule has 0 aliphatic rings. The van der Waals surface area contributed by atoms with Gasteiger partial charge in [0.1, 0.15) is 0 Å². The Morgan fingerprint density at radius 3 is 2.85 bits per heavy atom. The van der Waals surface area contributed by atoms with Gasteiger partial charge in [0.15, 0.2) is 11.6 Å². The molecule has 0 aromatic carbocycles. The van der Waals surface area contributed by atoms with E-state index in [1.54, 1.807) is 0 Å². The van der Waals surface area contributed by atoms with Crippen molar-refractivity contribution in [3.8, 4) is 5.75 Å². The fourth-order valence-electron chi connectivity index (χ4n) is 0.626. The number of hydrogen-bond acceptors (Lipinski definition) is 4. The van der Waals surface area contributed by atoms with Gasteiger partial charge in [0.05, 0.1) is 11.9 Å². The van der Waals surface area contributed by atoms with E-state index < -0.39 is 15.9 Å². The predicted molar refractivity (Wildman–Crippen MR) is 44.3 cm³/mol. The third kappa shape index (κ3) is 2.66. The van der Waals surface area contributed by atoms with E-state index in [2.05, 4.69) is 9.17 Å². The average molecular weight is 205 g/mol. The minimum Gasteiger partial charge on any atom is -0.379 e. The SMILES string of the molecule is CCS(=O)(=O)Oc1ccncc1F. The van der Waals surface area contributed by atoms with E-state index in [0.717, 1.165) is 12.3 Å². The maximum Gasteiger partial charge on any atom is 0.309 e. The molecule has 0 saturated carbocycles. The molecule has 0 radical (unpaired) electrons. The molecule has 1 aromatic heterocycles. The number of aromatic nitrogens is 1. The monoisotopic (exact) mass is 205 g/mol. The molecule has 1 aromatic rings. The van der Waals surface area contributed by atoms with Crippen molar-refractivity contribution in [2.75, 3.05) is 5.75 Å². The van der Waals surface area contributed by atoms with E-state index in [9.17, 15) is 12.8 Å². The first-order valence-electron chi connectivity index (χ1n) is 3.57. The molecule has 4 nitrogen and oxygen atoms in total. The van der Waals surface area contributed by atoms with E-state index in [4.69, 9.17) is 0 Å². The predicted octanol–water partition coefficient (Wildman–Crippen LogP) is 0.949. The van der Waals surface area contributed by atoms with E-state index in [0.29, 0.717) is 0 Å². The summed E-state index contributed by atoms with van der Waals surface area (Å²) < 4.78 is 39.1. The molecular weight excluding hydrogens is 197 g/mol. The van der Waals surface area contributed by atoms with Crippen LogP contribution in [0.5, 0.6) is 5.75 Å². The Hall–Kier alpha value is -1.17. The van der Waals surface area contributed by atoms with Crippen LogP contribution in [0.25, 0.3) is 0 Å². The Kier molecular flexibility index (Phi) is 2.82. The summed E-state index contributed by atoms with van der Waals surface area (Å²) in [6, 6.07) is 1.16. The summed E-state index contributed by atoms with van der Waals surface area (Å²) in [5.74, 6) is -1.31. The van der Waals surface area contributed by atoms with Gasteiger partial charge in [0.25, 0.3) is 0 Å². The fraction of sp³-hybridized carbons (Fsp3) is 0.286. The molecule has 0 saturated heterocycles. The Balaban J connectivity index is 2.93. The first-order valence-corrected chi connectivity index (χ1v) is 5.14. The lowest BCUT2D eigenvalue weighted by atomic mass is 10.4. The van der Waals surface area contributed by atoms with Crippen molar-refractivity contribution in [3.63, 3.8) is 0 Å². The molecule has 0 aliphatic heterocycles. The van der Waals surface area contributed by atoms with Crippen LogP contribution in [0.15, 0.2) is 18.5 Å². The highest BCUT2D eigenvalue weighted by Gasteiger charge is 2.12. The fourth-order valence-corrected chi connectivity index (χ4v) is 1.15. The third-order valence-corrected chi connectivity index (χ3v) is 2.45. The largest absolute Gasteiger partial charge is 0.379 e. The van der Waals surface area contributed by atoms with Gasteiger partial charge < -0.3 is 4.18 Å². The molecule has 0 amide bonds. The van der Waals surface area contributed by atoms with Crippen molar-refractivity contribution in [1.29, 1.82) is 0 Å². The highest BCUT2D eigenvalue weighted by atomic mass is 32.2. The van der Waals surface area contributed by atoms with Gasteiger partial charge in [-0.2, -0.15) is 8.42 Å². The Morgan fingerprint density at radius 1 is 1.62 bits per heavy atom. The molecule has 0 aliphatic carbocycles. The first kappa shape index (κ1) is 9.91. The Bertz CT molecular complexity index is 390. The Morgan fingerprint density at radius 2 is 2.31 bits per heavy atom. The summed E-state index contributed by atoms with van der Waals surface area (Å²) >= 11 is 0. The zero-order valence-corrected chi connectivity index (χ0v) is 7.71. The molecule has 1 heterocycles. The maximum atomic E-state index is 12.8. The highest BCUT2D eigenvalue weighted by Crippen LogP contribution is 2.16. The van der Waals surface area contributed by atoms with Crippen molar-refractivity contribution in [1.82, 2.24) is 4.98 Å². The summed E-state index contributed by atoms with van der Waals surface area (Å²) in [7, 11) is -3.66. The maximum absolute atomic E-state index is 12.8. The molecular formula is C7H8FNO3S. The number of hydrogen-bond donors (Lipinski definition) is 0. The summed E-state index contributed by atoms with van der Waals surface area (Å²) in [5.41, 5.74) is 0. The van der Waals surface area contributed by atoms with E-state index in [-0.39, 0.29) is 11.5 Å². The zero-order chi connectivity index (χ0) is 9.90. The smallest absolute Gasteiger partial charge is 0.309 e. The van der Waals surface area contributed by atoms with Gasteiger partial charge >= 0.3 is 10.1 Å². The zero-order valence-electron chi connectivity index (χ0n) is 6.90. The number of pyridine rings is 1. The molecule has 6 heteroatoms. The van der Waals surface area contributed by atoms with Crippen molar-refractivity contribution in [2.45, 2.75) is 6.92 Å². The highest BCUT2D eigenvalue weighted by molar-refractivity contribution is 7.87. The quantitative estimate of drug-likeness (QED) is 0.689. The van der Waals surface area contributed by atoms with Crippen LogP contribution in [0.4, 0.5) is 4.39 Å². The van der Waals surface area contributed by atoms with Crippen LogP contribution in [-0.4, -0.2) is 19.2 Å². The normalized spacial score (nSPS) is 11.2. The molecule has 1 rings (SSSR count). The third-order valence-electron chi connectivity index (χ3n) is 1.31. The molecule has 0 spiro atoms. The van der Waals surface area contributed by atoms with Gasteiger partial charge in [0.2, 0.25) is 0 Å². The lowest BCUT2D eigenvalue weighted by Gasteiger charge is -2.04. The summed E-state index contributed by atoms with van der Waals surface area (Å²) in [4.78, 5) is 3.45. The lowest BCUT2D eigenvalue weighted by Crippen LogP contribution is -2.12. The molecule has 13 heavy (non-hydrogen) atoms. The second-order valence-electron chi connectivity index (χ2n) is 2.24. The van der Waals surface area contributed by atoms with Crippen LogP contribution in [-0.2, 0) is 10.1 Å². The number of nitrogens with zero attached hydrogens (tertiary/aromatic N) is 1. The van der Waals surface area contributed by atoms with Gasteiger partial charge in [0, 0.05) is 12.3 Å². The van der Waals surface area contributed by atoms with E-state index >= 15 is 0 Å². The first-order chi connectivity index (χ1) is 6.05. The van der Waals surface area contributed by atoms with Crippen molar-refractivity contribution in [3.05, 3.63) is 24.3 Å². The van der Waals surface area contributed by atoms with Gasteiger partial charge in [-0.25, -0.2) is 4.39 Å². The molecule has 72 valence electrons. The number of halogens is 1. The van der Waals surface area contributed by atoms with E-state index in [1.165, 1.54) is 13.1 Å². The van der Waals surface area contributed by atoms with Crippen LogP contribution in [0, 0.1) is 5.82 Å². The van der Waals surface area contributed by atoms with Gasteiger partial charge in [-0.1, -0.05) is 0 Å². The Labute approximate surface area is 75.5 Å². The summed E-state index contributed by atoms with van der Waals surface area (Å²) in [6.45, 7) is 1.41. The summed E-state index contributed by atoms with van der Waals surface area (Å²) in [5, 5.41) is 0. The van der Waals surface area contributed by atoms with Crippen molar-refractivity contribution in [2.24, 2.45) is 0 Å². The van der Waals surface area contributed by atoms with Crippen LogP contribution >= 0.6 is 0 Å². The second kappa shape index (κ2) is 3.69.